The molecule has 3 rings (SSSR count). The molecule has 0 bridgehead atoms. The number of nitrogens with zero attached hydrogens (tertiary/aromatic N) is 2. The standard InChI is InChI=1S/C27H35Cl2N3O5S/c1-4-23(27(34)30-20-10-6-7-11-20)31(17-19-14-15-21(28)22(29)16-19)26(33)18-32(38(3,35)36)24-12-8-9-13-25(24)37-5-2/h8-9,12-16,20,23H,4-7,10-11,17-18H2,1-3H3,(H,30,34)/t23-/m0/s1. The summed E-state index contributed by atoms with van der Waals surface area (Å²) in [5, 5.41) is 3.77. The van der Waals surface area contributed by atoms with Gasteiger partial charge in [0.05, 0.1) is 28.6 Å². The lowest BCUT2D eigenvalue weighted by molar-refractivity contribution is -0.140. The van der Waals surface area contributed by atoms with Crippen LogP contribution < -0.4 is 14.4 Å². The zero-order valence-electron chi connectivity index (χ0n) is 22.0. The fourth-order valence-corrected chi connectivity index (χ4v) is 5.83. The minimum absolute atomic E-state index is 0.0526. The molecule has 0 spiro atoms. The number of rotatable bonds is 12. The van der Waals surface area contributed by atoms with E-state index >= 15 is 0 Å². The number of hydrogen-bond acceptors (Lipinski definition) is 5. The Morgan fingerprint density at radius 3 is 2.37 bits per heavy atom. The van der Waals surface area contributed by atoms with Crippen molar-refractivity contribution in [2.75, 3.05) is 23.7 Å². The summed E-state index contributed by atoms with van der Waals surface area (Å²) in [5.74, 6) is -0.440. The number of carbonyl (C=O) groups excluding carboxylic acids is 2. The van der Waals surface area contributed by atoms with Crippen LogP contribution in [0.4, 0.5) is 5.69 Å². The Morgan fingerprint density at radius 2 is 1.76 bits per heavy atom. The van der Waals surface area contributed by atoms with Crippen LogP contribution in [0.25, 0.3) is 0 Å². The number of nitrogens with one attached hydrogen (secondary N) is 1. The van der Waals surface area contributed by atoms with E-state index in [9.17, 15) is 18.0 Å². The van der Waals surface area contributed by atoms with Gasteiger partial charge >= 0.3 is 0 Å². The predicted molar refractivity (Wildman–Crippen MR) is 151 cm³/mol. The fraction of sp³-hybridized carbons (Fsp3) is 0.481. The Balaban J connectivity index is 1.97. The quantitative estimate of drug-likeness (QED) is 0.378. The van der Waals surface area contributed by atoms with Crippen molar-refractivity contribution in [2.45, 2.75) is 64.6 Å². The fourth-order valence-electron chi connectivity index (χ4n) is 4.66. The maximum absolute atomic E-state index is 13.9. The molecule has 2 aromatic rings. The van der Waals surface area contributed by atoms with Gasteiger partial charge in [-0.25, -0.2) is 8.42 Å². The molecule has 0 saturated heterocycles. The maximum atomic E-state index is 13.9. The molecule has 1 saturated carbocycles. The van der Waals surface area contributed by atoms with Gasteiger partial charge in [0.1, 0.15) is 18.3 Å². The molecule has 0 aromatic heterocycles. The van der Waals surface area contributed by atoms with Crippen LogP contribution in [0.5, 0.6) is 5.75 Å². The number of hydrogen-bond donors (Lipinski definition) is 1. The van der Waals surface area contributed by atoms with E-state index < -0.39 is 28.5 Å². The van der Waals surface area contributed by atoms with E-state index in [2.05, 4.69) is 5.32 Å². The zero-order valence-corrected chi connectivity index (χ0v) is 24.3. The Hall–Kier alpha value is -2.49. The summed E-state index contributed by atoms with van der Waals surface area (Å²) in [6.45, 7) is 3.49. The highest BCUT2D eigenvalue weighted by atomic mass is 35.5. The average Bonchev–Trinajstić information content (AvgIpc) is 3.37. The third-order valence-electron chi connectivity index (χ3n) is 6.54. The van der Waals surface area contributed by atoms with Crippen molar-refractivity contribution in [2.24, 2.45) is 0 Å². The third kappa shape index (κ3) is 7.77. The zero-order chi connectivity index (χ0) is 27.9. The molecule has 1 aliphatic carbocycles. The minimum Gasteiger partial charge on any atom is -0.492 e. The van der Waals surface area contributed by atoms with Gasteiger partial charge in [-0.15, -0.1) is 0 Å². The van der Waals surface area contributed by atoms with Crippen molar-refractivity contribution in [3.63, 3.8) is 0 Å². The second-order valence-electron chi connectivity index (χ2n) is 9.35. The number of carbonyl (C=O) groups is 2. The number of sulfonamides is 1. The topological polar surface area (TPSA) is 96.0 Å². The molecule has 8 nitrogen and oxygen atoms in total. The average molecular weight is 585 g/mol. The van der Waals surface area contributed by atoms with Crippen molar-refractivity contribution < 1.29 is 22.7 Å². The number of benzene rings is 2. The number of amides is 2. The summed E-state index contributed by atoms with van der Waals surface area (Å²) in [5.41, 5.74) is 0.920. The lowest BCUT2D eigenvalue weighted by Gasteiger charge is -2.33. The van der Waals surface area contributed by atoms with Crippen molar-refractivity contribution in [3.05, 3.63) is 58.1 Å². The van der Waals surface area contributed by atoms with E-state index in [-0.39, 0.29) is 24.2 Å². The van der Waals surface area contributed by atoms with Crippen LogP contribution in [0.2, 0.25) is 10.0 Å². The van der Waals surface area contributed by atoms with Crippen LogP contribution >= 0.6 is 23.2 Å². The molecule has 1 N–H and O–H groups in total. The largest absolute Gasteiger partial charge is 0.492 e. The summed E-state index contributed by atoms with van der Waals surface area (Å²) in [6, 6.07) is 10.9. The molecule has 0 aliphatic heterocycles. The molecule has 0 radical (unpaired) electrons. The highest BCUT2D eigenvalue weighted by molar-refractivity contribution is 7.92. The second-order valence-corrected chi connectivity index (χ2v) is 12.1. The number of halogens is 2. The van der Waals surface area contributed by atoms with Crippen LogP contribution in [-0.2, 0) is 26.2 Å². The highest BCUT2D eigenvalue weighted by Gasteiger charge is 2.33. The van der Waals surface area contributed by atoms with Crippen molar-refractivity contribution in [1.82, 2.24) is 10.2 Å². The van der Waals surface area contributed by atoms with E-state index in [1.165, 1.54) is 4.90 Å². The SMILES string of the molecule is CCOc1ccccc1N(CC(=O)N(Cc1ccc(Cl)c(Cl)c1)[C@@H](CC)C(=O)NC1CCCC1)S(C)(=O)=O. The Labute approximate surface area is 235 Å². The number of para-hydroxylation sites is 2. The molecular formula is C27H35Cl2N3O5S. The maximum Gasteiger partial charge on any atom is 0.244 e. The lowest BCUT2D eigenvalue weighted by Crippen LogP contribution is -2.53. The van der Waals surface area contributed by atoms with E-state index in [1.807, 2.05) is 6.92 Å². The summed E-state index contributed by atoms with van der Waals surface area (Å²) in [6.07, 6.45) is 5.29. The van der Waals surface area contributed by atoms with Crippen LogP contribution in [-0.4, -0.2) is 56.6 Å². The summed E-state index contributed by atoms with van der Waals surface area (Å²) < 4.78 is 32.4. The van der Waals surface area contributed by atoms with E-state index in [4.69, 9.17) is 27.9 Å². The first-order valence-corrected chi connectivity index (χ1v) is 15.4. The van der Waals surface area contributed by atoms with E-state index in [1.54, 1.807) is 49.4 Å². The van der Waals surface area contributed by atoms with Crippen molar-refractivity contribution in [1.29, 1.82) is 0 Å². The van der Waals surface area contributed by atoms with E-state index in [0.29, 0.717) is 34.4 Å². The Kier molecular flexibility index (Phi) is 10.7. The van der Waals surface area contributed by atoms with Gasteiger partial charge < -0.3 is 15.0 Å². The molecule has 38 heavy (non-hydrogen) atoms. The van der Waals surface area contributed by atoms with E-state index in [0.717, 1.165) is 36.2 Å². The van der Waals surface area contributed by atoms with Gasteiger partial charge in [0.2, 0.25) is 21.8 Å². The van der Waals surface area contributed by atoms with Crippen LogP contribution in [0.3, 0.4) is 0 Å². The first-order chi connectivity index (χ1) is 18.0. The smallest absolute Gasteiger partial charge is 0.244 e. The molecule has 0 unspecified atom stereocenters. The van der Waals surface area contributed by atoms with Gasteiger partial charge in [-0.3, -0.25) is 13.9 Å². The van der Waals surface area contributed by atoms with Gasteiger partial charge in [0.25, 0.3) is 0 Å². The van der Waals surface area contributed by atoms with Gasteiger partial charge in [0.15, 0.2) is 0 Å². The van der Waals surface area contributed by atoms with Crippen LogP contribution in [0.1, 0.15) is 51.5 Å². The number of anilines is 1. The molecule has 1 atom stereocenters. The normalized spacial score (nSPS) is 14.7. The predicted octanol–water partition coefficient (Wildman–Crippen LogP) is 5.02. The number of ether oxygens (including phenoxy) is 1. The Morgan fingerprint density at radius 1 is 1.08 bits per heavy atom. The molecule has 2 amide bonds. The Bertz CT molecular complexity index is 1230. The van der Waals surface area contributed by atoms with Crippen LogP contribution in [0.15, 0.2) is 42.5 Å². The highest BCUT2D eigenvalue weighted by Crippen LogP contribution is 2.30. The van der Waals surface area contributed by atoms with Gasteiger partial charge in [-0.05, 0) is 56.0 Å². The molecule has 1 fully saturated rings. The molecule has 0 heterocycles. The van der Waals surface area contributed by atoms with Crippen LogP contribution in [0, 0.1) is 0 Å². The first kappa shape index (κ1) is 30.1. The van der Waals surface area contributed by atoms with Gasteiger partial charge in [0, 0.05) is 12.6 Å². The van der Waals surface area contributed by atoms with Gasteiger partial charge in [-0.1, -0.05) is 61.2 Å². The molecule has 2 aromatic carbocycles. The first-order valence-electron chi connectivity index (χ1n) is 12.8. The monoisotopic (exact) mass is 583 g/mol. The van der Waals surface area contributed by atoms with Gasteiger partial charge in [-0.2, -0.15) is 0 Å². The molecule has 208 valence electrons. The third-order valence-corrected chi connectivity index (χ3v) is 8.40. The second kappa shape index (κ2) is 13.5. The van der Waals surface area contributed by atoms with Crippen molar-refractivity contribution in [3.8, 4) is 5.75 Å². The summed E-state index contributed by atoms with van der Waals surface area (Å²) >= 11 is 12.3. The summed E-state index contributed by atoms with van der Waals surface area (Å²) in [4.78, 5) is 28.7. The molecule has 1 aliphatic rings. The summed E-state index contributed by atoms with van der Waals surface area (Å²) in [7, 11) is -3.88. The molecule has 11 heteroatoms. The lowest BCUT2D eigenvalue weighted by atomic mass is 10.1. The van der Waals surface area contributed by atoms with Crippen molar-refractivity contribution >= 4 is 50.7 Å². The minimum atomic E-state index is -3.88. The molecular weight excluding hydrogens is 549 g/mol.